The summed E-state index contributed by atoms with van der Waals surface area (Å²) < 4.78 is 11.1. The van der Waals surface area contributed by atoms with Gasteiger partial charge in [-0.2, -0.15) is 0 Å². The highest BCUT2D eigenvalue weighted by atomic mass is 16.6. The van der Waals surface area contributed by atoms with Crippen molar-refractivity contribution < 1.29 is 24.8 Å². The van der Waals surface area contributed by atoms with Crippen LogP contribution in [-0.4, -0.2) is 58.0 Å². The SMILES string of the molecule is CC(C)=CC[C@@]12O[C@@H]1[C@@H](O)C1=C(CO[C@H](C)[C@H]1O)[C@H]2O. The lowest BCUT2D eigenvalue weighted by Gasteiger charge is -2.39. The molecule has 0 aromatic carbocycles. The minimum absolute atomic E-state index is 0.235. The fraction of sp³-hybridized carbons (Fsp3) is 0.733. The van der Waals surface area contributed by atoms with Crippen molar-refractivity contribution in [3.8, 4) is 0 Å². The molecule has 6 atom stereocenters. The largest absolute Gasteiger partial charge is 0.386 e. The molecule has 0 unspecified atom stereocenters. The van der Waals surface area contributed by atoms with Gasteiger partial charge in [-0.05, 0) is 31.9 Å². The van der Waals surface area contributed by atoms with Gasteiger partial charge in [0.1, 0.15) is 30.0 Å². The molecule has 5 heteroatoms. The average molecular weight is 282 g/mol. The van der Waals surface area contributed by atoms with E-state index >= 15 is 0 Å². The Bertz CT molecular complexity index is 479. The molecule has 1 aliphatic carbocycles. The summed E-state index contributed by atoms with van der Waals surface area (Å²) in [6, 6.07) is 0. The smallest absolute Gasteiger partial charge is 0.131 e. The molecule has 0 aromatic rings. The van der Waals surface area contributed by atoms with E-state index in [1.165, 1.54) is 0 Å². The zero-order valence-electron chi connectivity index (χ0n) is 12.0. The van der Waals surface area contributed by atoms with Crippen LogP contribution in [0, 0.1) is 0 Å². The van der Waals surface area contributed by atoms with Crippen LogP contribution < -0.4 is 0 Å². The highest BCUT2D eigenvalue weighted by molar-refractivity contribution is 5.42. The first kappa shape index (κ1) is 14.2. The number of ether oxygens (including phenoxy) is 2. The Morgan fingerprint density at radius 3 is 2.65 bits per heavy atom. The van der Waals surface area contributed by atoms with Crippen molar-refractivity contribution in [2.24, 2.45) is 0 Å². The number of aliphatic hydroxyl groups excluding tert-OH is 3. The van der Waals surface area contributed by atoms with Gasteiger partial charge in [-0.25, -0.2) is 0 Å². The van der Waals surface area contributed by atoms with E-state index in [-0.39, 0.29) is 12.7 Å². The fourth-order valence-corrected chi connectivity index (χ4v) is 3.29. The predicted molar refractivity (Wildman–Crippen MR) is 72.1 cm³/mol. The molecule has 3 N–H and O–H groups in total. The molecule has 1 fully saturated rings. The second-order valence-corrected chi connectivity index (χ2v) is 6.27. The van der Waals surface area contributed by atoms with Crippen LogP contribution in [0.25, 0.3) is 0 Å². The van der Waals surface area contributed by atoms with E-state index < -0.39 is 30.0 Å². The van der Waals surface area contributed by atoms with Crippen LogP contribution in [0.5, 0.6) is 0 Å². The molecule has 0 amide bonds. The predicted octanol–water partition coefficient (Wildman–Crippen LogP) is 0.292. The zero-order valence-corrected chi connectivity index (χ0v) is 12.0. The lowest BCUT2D eigenvalue weighted by Crippen LogP contribution is -2.51. The maximum atomic E-state index is 10.6. The zero-order chi connectivity index (χ0) is 14.7. The minimum atomic E-state index is -0.881. The maximum Gasteiger partial charge on any atom is 0.131 e. The van der Waals surface area contributed by atoms with Crippen LogP contribution in [0.4, 0.5) is 0 Å². The number of allylic oxidation sites excluding steroid dienone is 1. The van der Waals surface area contributed by atoms with Gasteiger partial charge in [0.2, 0.25) is 0 Å². The van der Waals surface area contributed by atoms with E-state index in [1.807, 2.05) is 19.9 Å². The quantitative estimate of drug-likeness (QED) is 0.501. The third-order valence-electron chi connectivity index (χ3n) is 4.63. The van der Waals surface area contributed by atoms with Gasteiger partial charge in [0.15, 0.2) is 0 Å². The number of rotatable bonds is 2. The molecule has 3 rings (SSSR count). The molecule has 0 spiro atoms. The van der Waals surface area contributed by atoms with Crippen molar-refractivity contribution in [2.75, 3.05) is 6.61 Å². The summed E-state index contributed by atoms with van der Waals surface area (Å²) in [6.07, 6.45) is -0.824. The summed E-state index contributed by atoms with van der Waals surface area (Å²) in [6.45, 7) is 5.96. The number of hydrogen-bond donors (Lipinski definition) is 3. The third kappa shape index (κ3) is 1.89. The summed E-state index contributed by atoms with van der Waals surface area (Å²) in [7, 11) is 0. The van der Waals surface area contributed by atoms with Crippen molar-refractivity contribution in [2.45, 2.75) is 63.3 Å². The normalized spacial score (nSPS) is 46.6. The van der Waals surface area contributed by atoms with E-state index in [1.54, 1.807) is 6.92 Å². The van der Waals surface area contributed by atoms with Gasteiger partial charge in [0, 0.05) is 6.42 Å². The van der Waals surface area contributed by atoms with Gasteiger partial charge in [-0.1, -0.05) is 11.6 Å². The molecule has 0 radical (unpaired) electrons. The first-order chi connectivity index (χ1) is 9.38. The summed E-state index contributed by atoms with van der Waals surface area (Å²) in [5.74, 6) is 0. The van der Waals surface area contributed by atoms with Crippen LogP contribution in [0.3, 0.4) is 0 Å². The standard InChI is InChI=1S/C15H22O5/c1-7(2)4-5-15-13(18)9-6-19-8(3)11(16)10(9)12(17)14(15)20-15/h4,8,11-14,16-18H,5-6H2,1-3H3/t8-,11-,12+,13-,14-,15+/m1/s1. The molecule has 1 saturated heterocycles. The molecule has 0 bridgehead atoms. The molecule has 0 aromatic heterocycles. The van der Waals surface area contributed by atoms with E-state index in [9.17, 15) is 15.3 Å². The Morgan fingerprint density at radius 1 is 1.30 bits per heavy atom. The summed E-state index contributed by atoms with van der Waals surface area (Å²) in [4.78, 5) is 0. The lowest BCUT2D eigenvalue weighted by atomic mass is 9.75. The molecule has 2 heterocycles. The number of fused-ring (bicyclic) bond motifs is 1. The summed E-state index contributed by atoms with van der Waals surface area (Å²) in [5, 5.41) is 31.2. The van der Waals surface area contributed by atoms with Gasteiger partial charge in [-0.15, -0.1) is 0 Å². The Morgan fingerprint density at radius 2 is 2.00 bits per heavy atom. The second kappa shape index (κ2) is 4.64. The Hall–Kier alpha value is -0.720. The first-order valence-electron chi connectivity index (χ1n) is 7.08. The van der Waals surface area contributed by atoms with E-state index in [0.29, 0.717) is 17.6 Å². The molecular weight excluding hydrogens is 260 g/mol. The minimum Gasteiger partial charge on any atom is -0.386 e. The van der Waals surface area contributed by atoms with E-state index in [0.717, 1.165) is 5.57 Å². The van der Waals surface area contributed by atoms with Crippen molar-refractivity contribution >= 4 is 0 Å². The average Bonchev–Trinajstić information content (AvgIpc) is 3.14. The first-order valence-corrected chi connectivity index (χ1v) is 7.08. The van der Waals surface area contributed by atoms with Crippen LogP contribution >= 0.6 is 0 Å². The van der Waals surface area contributed by atoms with E-state index in [4.69, 9.17) is 9.47 Å². The highest BCUT2D eigenvalue weighted by Gasteiger charge is 2.68. The van der Waals surface area contributed by atoms with Crippen molar-refractivity contribution in [1.82, 2.24) is 0 Å². The van der Waals surface area contributed by atoms with Crippen LogP contribution in [0.2, 0.25) is 0 Å². The van der Waals surface area contributed by atoms with Crippen molar-refractivity contribution in [1.29, 1.82) is 0 Å². The van der Waals surface area contributed by atoms with Crippen molar-refractivity contribution in [3.63, 3.8) is 0 Å². The molecule has 112 valence electrons. The van der Waals surface area contributed by atoms with Gasteiger partial charge < -0.3 is 24.8 Å². The number of epoxide rings is 1. The number of aliphatic hydroxyl groups is 3. The topological polar surface area (TPSA) is 82.5 Å². The second-order valence-electron chi connectivity index (χ2n) is 6.27. The van der Waals surface area contributed by atoms with Gasteiger partial charge in [0.25, 0.3) is 0 Å². The highest BCUT2D eigenvalue weighted by Crippen LogP contribution is 2.54. The summed E-state index contributed by atoms with van der Waals surface area (Å²) in [5.41, 5.74) is 1.47. The van der Waals surface area contributed by atoms with Crippen LogP contribution in [-0.2, 0) is 9.47 Å². The third-order valence-corrected chi connectivity index (χ3v) is 4.63. The monoisotopic (exact) mass is 282 g/mol. The summed E-state index contributed by atoms with van der Waals surface area (Å²) >= 11 is 0. The van der Waals surface area contributed by atoms with Crippen LogP contribution in [0.15, 0.2) is 22.8 Å². The fourth-order valence-electron chi connectivity index (χ4n) is 3.29. The molecule has 0 saturated carbocycles. The number of hydrogen-bond acceptors (Lipinski definition) is 5. The molecule has 5 nitrogen and oxygen atoms in total. The Labute approximate surface area is 118 Å². The van der Waals surface area contributed by atoms with Gasteiger partial charge in [0.05, 0.1) is 12.7 Å². The van der Waals surface area contributed by atoms with Gasteiger partial charge >= 0.3 is 0 Å². The van der Waals surface area contributed by atoms with Gasteiger partial charge in [-0.3, -0.25) is 0 Å². The van der Waals surface area contributed by atoms with Crippen molar-refractivity contribution in [3.05, 3.63) is 22.8 Å². The molecule has 20 heavy (non-hydrogen) atoms. The molecule has 3 aliphatic rings. The lowest BCUT2D eigenvalue weighted by molar-refractivity contribution is -0.0435. The molecule has 2 aliphatic heterocycles. The Balaban J connectivity index is 1.94. The maximum absolute atomic E-state index is 10.6. The van der Waals surface area contributed by atoms with E-state index in [2.05, 4.69) is 0 Å². The van der Waals surface area contributed by atoms with Crippen LogP contribution in [0.1, 0.15) is 27.2 Å². The molecular formula is C15H22O5. The Kier molecular flexibility index (Phi) is 3.30.